The first kappa shape index (κ1) is 21.4. The third-order valence-electron chi connectivity index (χ3n) is 6.10. The minimum absolute atomic E-state index is 0.0549. The molecule has 6 heteroatoms. The Morgan fingerprint density at radius 1 is 1.00 bits per heavy atom. The Hall–Kier alpha value is -2.86. The maximum atomic E-state index is 13.6. The second-order valence-corrected chi connectivity index (χ2v) is 8.24. The lowest BCUT2D eigenvalue weighted by atomic mass is 9.89. The van der Waals surface area contributed by atoms with Crippen LogP contribution in [0.15, 0.2) is 60.7 Å². The molecule has 1 N–H and O–H groups in total. The van der Waals surface area contributed by atoms with Crippen LogP contribution in [0.5, 0.6) is 0 Å². The molecular weight excluding hydrogens is 392 g/mol. The molecule has 4 rings (SSSR count). The topological polar surface area (TPSA) is 67.9 Å². The average molecular weight is 423 g/mol. The lowest BCUT2D eigenvalue weighted by Crippen LogP contribution is -2.60. The summed E-state index contributed by atoms with van der Waals surface area (Å²) in [7, 11) is 0. The highest BCUT2D eigenvalue weighted by Gasteiger charge is 2.39. The van der Waals surface area contributed by atoms with Crippen molar-refractivity contribution in [2.75, 3.05) is 13.2 Å². The van der Waals surface area contributed by atoms with Crippen molar-refractivity contribution in [3.8, 4) is 0 Å². The molecule has 1 saturated heterocycles. The smallest absolute Gasteiger partial charge is 0.408 e. The summed E-state index contributed by atoms with van der Waals surface area (Å²) in [5.41, 5.74) is 1.90. The largest absolute Gasteiger partial charge is 0.445 e. The molecule has 31 heavy (non-hydrogen) atoms. The van der Waals surface area contributed by atoms with Crippen LogP contribution < -0.4 is 5.32 Å². The molecule has 1 aliphatic carbocycles. The molecule has 164 valence electrons. The predicted octanol–water partition coefficient (Wildman–Crippen LogP) is 3.69. The van der Waals surface area contributed by atoms with E-state index in [1.165, 1.54) is 0 Å². The van der Waals surface area contributed by atoms with Gasteiger partial charge in [0.1, 0.15) is 12.6 Å². The SMILES string of the molecule is O=C(N[C@@H](Cc1ccccc1)C(=O)N1CCOC2CCCCC21)OCc1ccccc1. The van der Waals surface area contributed by atoms with Gasteiger partial charge in [-0.25, -0.2) is 4.79 Å². The van der Waals surface area contributed by atoms with Gasteiger partial charge < -0.3 is 19.7 Å². The van der Waals surface area contributed by atoms with E-state index in [2.05, 4.69) is 5.32 Å². The molecule has 0 radical (unpaired) electrons. The highest BCUT2D eigenvalue weighted by atomic mass is 16.5. The van der Waals surface area contributed by atoms with Crippen LogP contribution in [-0.2, 0) is 27.3 Å². The van der Waals surface area contributed by atoms with E-state index in [1.807, 2.05) is 65.6 Å². The zero-order valence-electron chi connectivity index (χ0n) is 17.7. The predicted molar refractivity (Wildman–Crippen MR) is 117 cm³/mol. The highest BCUT2D eigenvalue weighted by molar-refractivity contribution is 5.86. The fraction of sp³-hybridized carbons (Fsp3) is 0.440. The van der Waals surface area contributed by atoms with E-state index < -0.39 is 12.1 Å². The van der Waals surface area contributed by atoms with Crippen molar-refractivity contribution in [2.24, 2.45) is 0 Å². The van der Waals surface area contributed by atoms with Crippen molar-refractivity contribution in [3.05, 3.63) is 71.8 Å². The normalized spacial score (nSPS) is 21.6. The first-order chi connectivity index (χ1) is 15.2. The van der Waals surface area contributed by atoms with Gasteiger partial charge in [-0.3, -0.25) is 4.79 Å². The van der Waals surface area contributed by atoms with Crippen LogP contribution in [-0.4, -0.2) is 48.2 Å². The number of rotatable bonds is 6. The summed E-state index contributed by atoms with van der Waals surface area (Å²) >= 11 is 0. The molecule has 3 atom stereocenters. The first-order valence-electron chi connectivity index (χ1n) is 11.1. The zero-order valence-corrected chi connectivity index (χ0v) is 17.7. The van der Waals surface area contributed by atoms with E-state index in [1.54, 1.807) is 0 Å². The van der Waals surface area contributed by atoms with Gasteiger partial charge in [0.2, 0.25) is 5.91 Å². The summed E-state index contributed by atoms with van der Waals surface area (Å²) in [6.45, 7) is 1.27. The van der Waals surface area contributed by atoms with Crippen LogP contribution in [0.1, 0.15) is 36.8 Å². The molecule has 2 aromatic carbocycles. The Balaban J connectivity index is 1.45. The summed E-state index contributed by atoms with van der Waals surface area (Å²) in [4.78, 5) is 28.1. The van der Waals surface area contributed by atoms with Crippen molar-refractivity contribution in [1.82, 2.24) is 10.2 Å². The minimum atomic E-state index is -0.675. The third kappa shape index (κ3) is 5.64. The van der Waals surface area contributed by atoms with Crippen LogP contribution >= 0.6 is 0 Å². The standard InChI is InChI=1S/C25H30N2O4/c28-24(27-15-16-30-23-14-8-7-13-22(23)27)21(17-19-9-3-1-4-10-19)26-25(29)31-18-20-11-5-2-6-12-20/h1-6,9-12,21-23H,7-8,13-18H2,(H,26,29)/t21-,22?,23?/m0/s1. The van der Waals surface area contributed by atoms with Crippen molar-refractivity contribution in [3.63, 3.8) is 0 Å². The summed E-state index contributed by atoms with van der Waals surface area (Å²) in [5.74, 6) is -0.0549. The molecule has 0 spiro atoms. The molecule has 2 unspecified atom stereocenters. The number of ether oxygens (including phenoxy) is 2. The molecule has 2 amide bonds. The van der Waals surface area contributed by atoms with Crippen molar-refractivity contribution in [2.45, 2.75) is 56.9 Å². The van der Waals surface area contributed by atoms with Gasteiger partial charge in [0, 0.05) is 13.0 Å². The molecule has 0 bridgehead atoms. The van der Waals surface area contributed by atoms with E-state index in [9.17, 15) is 9.59 Å². The van der Waals surface area contributed by atoms with Crippen molar-refractivity contribution < 1.29 is 19.1 Å². The maximum absolute atomic E-state index is 13.6. The number of carbonyl (C=O) groups is 2. The van der Waals surface area contributed by atoms with Gasteiger partial charge in [-0.1, -0.05) is 73.5 Å². The van der Waals surface area contributed by atoms with E-state index in [0.717, 1.165) is 36.8 Å². The molecule has 2 fully saturated rings. The average Bonchev–Trinajstić information content (AvgIpc) is 2.83. The van der Waals surface area contributed by atoms with Gasteiger partial charge in [0.25, 0.3) is 0 Å². The number of carbonyl (C=O) groups excluding carboxylic acids is 2. The fourth-order valence-corrected chi connectivity index (χ4v) is 4.53. The van der Waals surface area contributed by atoms with E-state index in [0.29, 0.717) is 19.6 Å². The van der Waals surface area contributed by atoms with Crippen molar-refractivity contribution in [1.29, 1.82) is 0 Å². The number of hydrogen-bond acceptors (Lipinski definition) is 4. The molecule has 2 aromatic rings. The summed E-state index contributed by atoms with van der Waals surface area (Å²) < 4.78 is 11.3. The van der Waals surface area contributed by atoms with E-state index in [-0.39, 0.29) is 24.7 Å². The van der Waals surface area contributed by atoms with Gasteiger partial charge in [0.15, 0.2) is 0 Å². The quantitative estimate of drug-likeness (QED) is 0.771. The molecule has 2 aliphatic rings. The monoisotopic (exact) mass is 422 g/mol. The van der Waals surface area contributed by atoms with Crippen LogP contribution in [0.25, 0.3) is 0 Å². The van der Waals surface area contributed by atoms with Crippen LogP contribution in [0.4, 0.5) is 4.79 Å². The lowest BCUT2D eigenvalue weighted by molar-refractivity contribution is -0.151. The number of hydrogen-bond donors (Lipinski definition) is 1. The molecule has 1 saturated carbocycles. The zero-order chi connectivity index (χ0) is 21.5. The number of morpholine rings is 1. The summed E-state index contributed by atoms with van der Waals surface area (Å²) in [6.07, 6.45) is 4.14. The van der Waals surface area contributed by atoms with Crippen LogP contribution in [0.3, 0.4) is 0 Å². The Labute approximate surface area is 183 Å². The second kappa shape index (κ2) is 10.4. The number of nitrogens with zero attached hydrogens (tertiary/aromatic N) is 1. The van der Waals surface area contributed by atoms with Gasteiger partial charge in [0.05, 0.1) is 18.8 Å². The molecular formula is C25H30N2O4. The van der Waals surface area contributed by atoms with E-state index in [4.69, 9.17) is 9.47 Å². The molecule has 6 nitrogen and oxygen atoms in total. The van der Waals surface area contributed by atoms with Gasteiger partial charge in [-0.2, -0.15) is 0 Å². The van der Waals surface area contributed by atoms with E-state index >= 15 is 0 Å². The highest BCUT2D eigenvalue weighted by Crippen LogP contribution is 2.29. The molecule has 0 aromatic heterocycles. The second-order valence-electron chi connectivity index (χ2n) is 8.24. The number of fused-ring (bicyclic) bond motifs is 1. The number of amides is 2. The fourth-order valence-electron chi connectivity index (χ4n) is 4.53. The Bertz CT molecular complexity index is 856. The third-order valence-corrected chi connectivity index (χ3v) is 6.10. The summed E-state index contributed by atoms with van der Waals surface area (Å²) in [6, 6.07) is 18.7. The van der Waals surface area contributed by atoms with Gasteiger partial charge in [-0.05, 0) is 24.0 Å². The number of alkyl carbamates (subject to hydrolysis) is 1. The Kier molecular flexibility index (Phi) is 7.20. The van der Waals surface area contributed by atoms with Gasteiger partial charge >= 0.3 is 6.09 Å². The van der Waals surface area contributed by atoms with Gasteiger partial charge in [-0.15, -0.1) is 0 Å². The van der Waals surface area contributed by atoms with Crippen LogP contribution in [0, 0.1) is 0 Å². The van der Waals surface area contributed by atoms with Crippen molar-refractivity contribution >= 4 is 12.0 Å². The molecule has 1 aliphatic heterocycles. The molecule has 1 heterocycles. The Morgan fingerprint density at radius 3 is 2.42 bits per heavy atom. The maximum Gasteiger partial charge on any atom is 0.408 e. The minimum Gasteiger partial charge on any atom is -0.445 e. The van der Waals surface area contributed by atoms with Crippen LogP contribution in [0.2, 0.25) is 0 Å². The summed E-state index contributed by atoms with van der Waals surface area (Å²) in [5, 5.41) is 2.84. The number of benzene rings is 2. The first-order valence-corrected chi connectivity index (χ1v) is 11.1. The Morgan fingerprint density at radius 2 is 1.68 bits per heavy atom. The lowest BCUT2D eigenvalue weighted by Gasteiger charge is -2.44. The number of nitrogens with one attached hydrogen (secondary N) is 1.